The van der Waals surface area contributed by atoms with Gasteiger partial charge in [-0.25, -0.2) is 5.10 Å². The third kappa shape index (κ3) is 4.01. The van der Waals surface area contributed by atoms with E-state index in [1.807, 2.05) is 72.8 Å². The Balaban J connectivity index is 1.31. The van der Waals surface area contributed by atoms with Gasteiger partial charge in [-0.2, -0.15) is 5.10 Å². The Morgan fingerprint density at radius 1 is 0.939 bits per heavy atom. The number of amides is 2. The van der Waals surface area contributed by atoms with Crippen LogP contribution in [-0.4, -0.2) is 28.6 Å². The zero-order valence-corrected chi connectivity index (χ0v) is 17.8. The normalized spacial score (nSPS) is 15.7. The van der Waals surface area contributed by atoms with Gasteiger partial charge in [0.05, 0.1) is 11.1 Å². The average Bonchev–Trinajstić information content (AvgIpc) is 3.25. The Morgan fingerprint density at radius 2 is 1.64 bits per heavy atom. The number of hydrogen-bond acceptors (Lipinski definition) is 4. The number of benzene rings is 3. The molecule has 1 aromatic heterocycles. The van der Waals surface area contributed by atoms with Gasteiger partial charge in [0.25, 0.3) is 5.56 Å². The number of aromatic nitrogens is 2. The van der Waals surface area contributed by atoms with E-state index in [0.29, 0.717) is 30.6 Å². The van der Waals surface area contributed by atoms with Crippen LogP contribution in [0.2, 0.25) is 0 Å². The van der Waals surface area contributed by atoms with E-state index in [2.05, 4.69) is 15.5 Å². The molecule has 0 spiro atoms. The minimum absolute atomic E-state index is 0.194. The minimum Gasteiger partial charge on any atom is -0.351 e. The number of aromatic amines is 1. The van der Waals surface area contributed by atoms with Crippen LogP contribution in [0.3, 0.4) is 0 Å². The molecule has 2 N–H and O–H groups in total. The highest BCUT2D eigenvalue weighted by Crippen LogP contribution is 2.29. The fourth-order valence-corrected chi connectivity index (χ4v) is 4.22. The van der Waals surface area contributed by atoms with E-state index in [4.69, 9.17) is 0 Å². The van der Waals surface area contributed by atoms with E-state index >= 15 is 0 Å². The molecule has 33 heavy (non-hydrogen) atoms. The average molecular weight is 438 g/mol. The summed E-state index contributed by atoms with van der Waals surface area (Å²) in [5, 5.41) is 11.0. The lowest BCUT2D eigenvalue weighted by molar-refractivity contribution is -0.132. The summed E-state index contributed by atoms with van der Waals surface area (Å²) in [4.78, 5) is 39.2. The van der Waals surface area contributed by atoms with Gasteiger partial charge >= 0.3 is 0 Å². The summed E-state index contributed by atoms with van der Waals surface area (Å²) in [7, 11) is 0. The Kier molecular flexibility index (Phi) is 5.44. The molecule has 7 heteroatoms. The quantitative estimate of drug-likeness (QED) is 0.468. The highest BCUT2D eigenvalue weighted by molar-refractivity contribution is 6.09. The van der Waals surface area contributed by atoms with E-state index in [1.54, 1.807) is 11.0 Å². The van der Waals surface area contributed by atoms with E-state index < -0.39 is 5.92 Å². The fourth-order valence-electron chi connectivity index (χ4n) is 4.22. The van der Waals surface area contributed by atoms with Gasteiger partial charge in [0, 0.05) is 29.7 Å². The van der Waals surface area contributed by atoms with Crippen molar-refractivity contribution in [1.82, 2.24) is 15.5 Å². The van der Waals surface area contributed by atoms with Crippen molar-refractivity contribution in [3.8, 4) is 11.3 Å². The molecule has 3 aromatic carbocycles. The summed E-state index contributed by atoms with van der Waals surface area (Å²) in [6, 6.07) is 24.4. The molecule has 2 heterocycles. The van der Waals surface area contributed by atoms with Crippen molar-refractivity contribution >= 4 is 28.3 Å². The number of carbonyl (C=O) groups excluding carboxylic acids is 2. The zero-order valence-electron chi connectivity index (χ0n) is 17.8. The molecule has 0 aliphatic carbocycles. The number of nitrogens with one attached hydrogen (secondary N) is 2. The Bertz CT molecular complexity index is 1380. The van der Waals surface area contributed by atoms with Crippen LogP contribution in [0, 0.1) is 5.92 Å². The van der Waals surface area contributed by atoms with Crippen molar-refractivity contribution in [2.75, 3.05) is 11.4 Å². The van der Waals surface area contributed by atoms with Crippen LogP contribution in [0.1, 0.15) is 12.0 Å². The first-order chi connectivity index (χ1) is 16.1. The van der Waals surface area contributed by atoms with Crippen molar-refractivity contribution in [2.45, 2.75) is 13.0 Å². The smallest absolute Gasteiger partial charge is 0.272 e. The van der Waals surface area contributed by atoms with Crippen LogP contribution >= 0.6 is 0 Å². The van der Waals surface area contributed by atoms with E-state index in [0.717, 1.165) is 22.2 Å². The first-order valence-corrected chi connectivity index (χ1v) is 10.8. The van der Waals surface area contributed by atoms with Crippen LogP contribution in [-0.2, 0) is 16.1 Å². The number of fused-ring (bicyclic) bond motifs is 1. The number of anilines is 1. The first kappa shape index (κ1) is 20.6. The van der Waals surface area contributed by atoms with Gasteiger partial charge in [0.2, 0.25) is 11.8 Å². The molecule has 0 saturated carbocycles. The van der Waals surface area contributed by atoms with Crippen LogP contribution in [0.25, 0.3) is 22.0 Å². The number of carbonyl (C=O) groups is 2. The lowest BCUT2D eigenvalue weighted by Gasteiger charge is -2.17. The summed E-state index contributed by atoms with van der Waals surface area (Å²) in [5.74, 6) is -1.12. The van der Waals surface area contributed by atoms with E-state index in [9.17, 15) is 14.4 Å². The zero-order chi connectivity index (χ0) is 22.8. The number of nitrogens with zero attached hydrogens (tertiary/aromatic N) is 2. The third-order valence-corrected chi connectivity index (χ3v) is 5.98. The standard InChI is InChI=1S/C26H22N4O3/c31-24(27-16-17-6-2-1-3-7-17)22-14-15-30(26(22)33)19-12-10-18(11-13-19)23-20-8-4-5-9-21(20)25(32)29-28-23/h1-13,22H,14-16H2,(H,27,31)(H,29,32). The van der Waals surface area contributed by atoms with E-state index in [1.165, 1.54) is 0 Å². The van der Waals surface area contributed by atoms with Gasteiger partial charge in [0.15, 0.2) is 0 Å². The van der Waals surface area contributed by atoms with Crippen molar-refractivity contribution in [1.29, 1.82) is 0 Å². The first-order valence-electron chi connectivity index (χ1n) is 10.8. The highest BCUT2D eigenvalue weighted by atomic mass is 16.2. The van der Waals surface area contributed by atoms with Crippen molar-refractivity contribution in [2.24, 2.45) is 5.92 Å². The maximum atomic E-state index is 12.9. The SMILES string of the molecule is O=C(NCc1ccccc1)C1CCN(c2ccc(-c3n[nH]c(=O)c4ccccc34)cc2)C1=O. The highest BCUT2D eigenvalue weighted by Gasteiger charge is 2.37. The Hall–Kier alpha value is -4.26. The second kappa shape index (κ2) is 8.70. The Morgan fingerprint density at radius 3 is 2.39 bits per heavy atom. The maximum Gasteiger partial charge on any atom is 0.272 e. The number of hydrogen-bond donors (Lipinski definition) is 2. The second-order valence-corrected chi connectivity index (χ2v) is 8.03. The van der Waals surface area contributed by atoms with Crippen LogP contribution < -0.4 is 15.8 Å². The molecule has 1 aliphatic heterocycles. The monoisotopic (exact) mass is 438 g/mol. The van der Waals surface area contributed by atoms with E-state index in [-0.39, 0.29) is 17.4 Å². The van der Waals surface area contributed by atoms with Gasteiger partial charge in [0.1, 0.15) is 5.92 Å². The van der Waals surface area contributed by atoms with Gasteiger partial charge in [-0.3, -0.25) is 14.4 Å². The second-order valence-electron chi connectivity index (χ2n) is 8.03. The lowest BCUT2D eigenvalue weighted by Crippen LogP contribution is -2.36. The largest absolute Gasteiger partial charge is 0.351 e. The van der Waals surface area contributed by atoms with Crippen LogP contribution in [0.5, 0.6) is 0 Å². The summed E-state index contributed by atoms with van der Waals surface area (Å²) >= 11 is 0. The van der Waals surface area contributed by atoms with Crippen LogP contribution in [0.4, 0.5) is 5.69 Å². The topological polar surface area (TPSA) is 95.2 Å². The predicted molar refractivity (Wildman–Crippen MR) is 127 cm³/mol. The molecular weight excluding hydrogens is 416 g/mol. The molecule has 5 rings (SSSR count). The summed E-state index contributed by atoms with van der Waals surface area (Å²) in [6.07, 6.45) is 0.479. The molecule has 1 fully saturated rings. The molecule has 1 aliphatic rings. The predicted octanol–water partition coefficient (Wildman–Crippen LogP) is 3.26. The van der Waals surface area contributed by atoms with Crippen molar-refractivity contribution in [3.63, 3.8) is 0 Å². The molecule has 7 nitrogen and oxygen atoms in total. The molecule has 1 atom stereocenters. The molecule has 4 aromatic rings. The number of H-pyrrole nitrogens is 1. The lowest BCUT2D eigenvalue weighted by atomic mass is 10.0. The molecule has 0 radical (unpaired) electrons. The van der Waals surface area contributed by atoms with Gasteiger partial charge < -0.3 is 10.2 Å². The molecule has 2 amide bonds. The minimum atomic E-state index is -0.682. The molecule has 164 valence electrons. The fraction of sp³-hybridized carbons (Fsp3) is 0.154. The summed E-state index contributed by atoms with van der Waals surface area (Å²) < 4.78 is 0. The van der Waals surface area contributed by atoms with Gasteiger partial charge in [-0.1, -0.05) is 60.7 Å². The van der Waals surface area contributed by atoms with Gasteiger partial charge in [-0.05, 0) is 30.2 Å². The molecular formula is C26H22N4O3. The maximum absolute atomic E-state index is 12.9. The number of rotatable bonds is 5. The summed E-state index contributed by atoms with van der Waals surface area (Å²) in [5.41, 5.74) is 2.99. The molecule has 1 unspecified atom stereocenters. The van der Waals surface area contributed by atoms with Crippen molar-refractivity contribution in [3.05, 3.63) is 94.8 Å². The molecule has 1 saturated heterocycles. The molecule has 0 bridgehead atoms. The van der Waals surface area contributed by atoms with Crippen molar-refractivity contribution < 1.29 is 9.59 Å². The summed E-state index contributed by atoms with van der Waals surface area (Å²) in [6.45, 7) is 0.889. The third-order valence-electron chi connectivity index (χ3n) is 5.98. The van der Waals surface area contributed by atoms with Crippen LogP contribution in [0.15, 0.2) is 83.7 Å². The van der Waals surface area contributed by atoms with Gasteiger partial charge in [-0.15, -0.1) is 0 Å². The Labute approximate surface area is 190 Å².